The third-order valence-electron chi connectivity index (χ3n) is 3.49. The molecule has 0 aromatic carbocycles. The van der Waals surface area contributed by atoms with Crippen LogP contribution < -0.4 is 16.5 Å². The number of carbonyl (C=O) groups is 2. The maximum Gasteiger partial charge on any atom is 0.247 e. The first-order valence-electron chi connectivity index (χ1n) is 5.55. The normalized spacial score (nSPS) is 26.4. The lowest BCUT2D eigenvalue weighted by molar-refractivity contribution is -0.139. The molecule has 0 aromatic rings. The molecule has 1 aliphatic heterocycles. The fourth-order valence-corrected chi connectivity index (χ4v) is 2.45. The number of amides is 2. The molecule has 6 nitrogen and oxygen atoms in total. The Kier molecular flexibility index (Phi) is 3.11. The minimum absolute atomic E-state index is 0.0440. The van der Waals surface area contributed by atoms with Gasteiger partial charge in [-0.25, -0.2) is 5.48 Å². The minimum Gasteiger partial charge on any atom is -0.368 e. The summed E-state index contributed by atoms with van der Waals surface area (Å²) in [6.45, 7) is 1.69. The van der Waals surface area contributed by atoms with E-state index in [-0.39, 0.29) is 23.8 Å². The van der Waals surface area contributed by atoms with Crippen molar-refractivity contribution in [3.63, 3.8) is 0 Å². The van der Waals surface area contributed by atoms with Gasteiger partial charge in [-0.15, -0.1) is 0 Å². The highest BCUT2D eigenvalue weighted by atomic mass is 16.7. The van der Waals surface area contributed by atoms with Gasteiger partial charge in [0.1, 0.15) is 0 Å². The van der Waals surface area contributed by atoms with E-state index in [1.807, 2.05) is 0 Å². The number of primary amides is 1. The van der Waals surface area contributed by atoms with E-state index in [1.165, 1.54) is 0 Å². The van der Waals surface area contributed by atoms with Gasteiger partial charge in [0, 0.05) is 5.92 Å². The number of hydroxylamine groups is 1. The lowest BCUT2D eigenvalue weighted by atomic mass is 9.92. The number of piperidine rings is 1. The molecule has 2 aliphatic rings. The zero-order chi connectivity index (χ0) is 11.6. The fourth-order valence-electron chi connectivity index (χ4n) is 2.45. The van der Waals surface area contributed by atoms with Crippen molar-refractivity contribution in [2.75, 3.05) is 19.7 Å². The molecule has 1 unspecified atom stereocenters. The zero-order valence-corrected chi connectivity index (χ0v) is 9.12. The number of nitrogens with two attached hydrogens (primary N) is 1. The quantitative estimate of drug-likeness (QED) is 0.532. The molecule has 1 aliphatic carbocycles. The van der Waals surface area contributed by atoms with Crippen LogP contribution in [0.25, 0.3) is 0 Å². The van der Waals surface area contributed by atoms with Gasteiger partial charge in [0.15, 0.2) is 6.61 Å². The van der Waals surface area contributed by atoms with E-state index in [1.54, 1.807) is 0 Å². The molecule has 4 N–H and O–H groups in total. The van der Waals surface area contributed by atoms with E-state index < -0.39 is 5.91 Å². The molecule has 1 saturated carbocycles. The Morgan fingerprint density at radius 1 is 1.44 bits per heavy atom. The first-order chi connectivity index (χ1) is 7.64. The van der Waals surface area contributed by atoms with Gasteiger partial charge >= 0.3 is 0 Å². The largest absolute Gasteiger partial charge is 0.368 e. The molecule has 2 fully saturated rings. The Labute approximate surface area is 93.8 Å². The van der Waals surface area contributed by atoms with Crippen molar-refractivity contribution in [1.29, 1.82) is 0 Å². The van der Waals surface area contributed by atoms with Gasteiger partial charge in [-0.2, -0.15) is 0 Å². The smallest absolute Gasteiger partial charge is 0.247 e. The zero-order valence-electron chi connectivity index (χ0n) is 9.12. The summed E-state index contributed by atoms with van der Waals surface area (Å²) in [5.41, 5.74) is 7.36. The minimum atomic E-state index is -0.590. The molecule has 1 atom stereocenters. The van der Waals surface area contributed by atoms with E-state index in [4.69, 9.17) is 10.6 Å². The van der Waals surface area contributed by atoms with Crippen molar-refractivity contribution < 1.29 is 14.4 Å². The van der Waals surface area contributed by atoms with Crippen molar-refractivity contribution in [2.24, 2.45) is 17.1 Å². The van der Waals surface area contributed by atoms with E-state index in [2.05, 4.69) is 10.8 Å². The first kappa shape index (κ1) is 11.3. The first-order valence-corrected chi connectivity index (χ1v) is 5.55. The third-order valence-corrected chi connectivity index (χ3v) is 3.49. The van der Waals surface area contributed by atoms with Crippen LogP contribution in [0, 0.1) is 11.3 Å². The number of carbonyl (C=O) groups excluding carboxylic acids is 2. The van der Waals surface area contributed by atoms with E-state index in [0.717, 1.165) is 32.4 Å². The molecule has 0 aromatic heterocycles. The van der Waals surface area contributed by atoms with Gasteiger partial charge in [0.25, 0.3) is 0 Å². The average molecular weight is 227 g/mol. The molecule has 90 valence electrons. The second-order valence-corrected chi connectivity index (χ2v) is 4.59. The number of rotatable bonds is 4. The lowest BCUT2D eigenvalue weighted by Gasteiger charge is -2.23. The highest BCUT2D eigenvalue weighted by molar-refractivity contribution is 5.82. The van der Waals surface area contributed by atoms with Crippen molar-refractivity contribution in [3.8, 4) is 0 Å². The summed E-state index contributed by atoms with van der Waals surface area (Å²) >= 11 is 0. The van der Waals surface area contributed by atoms with Crippen LogP contribution in [-0.4, -0.2) is 31.5 Å². The highest BCUT2D eigenvalue weighted by Gasteiger charge is 2.57. The van der Waals surface area contributed by atoms with Crippen LogP contribution in [0.5, 0.6) is 0 Å². The van der Waals surface area contributed by atoms with E-state index in [9.17, 15) is 9.59 Å². The standard InChI is InChI=1S/C10H17N3O3/c11-8(14)6-16-13-9(15)7-5-10(7)1-3-12-4-2-10/h7,12H,1-6H2,(H2,11,14)(H,13,15). The van der Waals surface area contributed by atoms with Gasteiger partial charge < -0.3 is 11.1 Å². The van der Waals surface area contributed by atoms with Crippen molar-refractivity contribution >= 4 is 11.8 Å². The van der Waals surface area contributed by atoms with E-state index >= 15 is 0 Å². The molecule has 6 heteroatoms. The molecular formula is C10H17N3O3. The number of nitrogens with one attached hydrogen (secondary N) is 2. The van der Waals surface area contributed by atoms with Gasteiger partial charge in [-0.05, 0) is 37.8 Å². The van der Waals surface area contributed by atoms with Crippen molar-refractivity contribution in [3.05, 3.63) is 0 Å². The molecule has 0 bridgehead atoms. The van der Waals surface area contributed by atoms with Gasteiger partial charge in [0.2, 0.25) is 11.8 Å². The molecule has 16 heavy (non-hydrogen) atoms. The van der Waals surface area contributed by atoms with Crippen LogP contribution in [0.3, 0.4) is 0 Å². The molecular weight excluding hydrogens is 210 g/mol. The van der Waals surface area contributed by atoms with Crippen molar-refractivity contribution in [2.45, 2.75) is 19.3 Å². The fraction of sp³-hybridized carbons (Fsp3) is 0.800. The van der Waals surface area contributed by atoms with Crippen LogP contribution in [0.15, 0.2) is 0 Å². The topological polar surface area (TPSA) is 93.5 Å². The van der Waals surface area contributed by atoms with Gasteiger partial charge in [0.05, 0.1) is 0 Å². The monoisotopic (exact) mass is 227 g/mol. The summed E-state index contributed by atoms with van der Waals surface area (Å²) in [6, 6.07) is 0. The highest BCUT2D eigenvalue weighted by Crippen LogP contribution is 2.58. The predicted octanol–water partition coefficient (Wildman–Crippen LogP) is -1.09. The molecule has 1 saturated heterocycles. The Morgan fingerprint density at radius 2 is 2.12 bits per heavy atom. The second-order valence-electron chi connectivity index (χ2n) is 4.59. The second kappa shape index (κ2) is 4.39. The SMILES string of the molecule is NC(=O)CONC(=O)C1CC12CCNCC2. The van der Waals surface area contributed by atoms with Crippen LogP contribution in [-0.2, 0) is 14.4 Å². The lowest BCUT2D eigenvalue weighted by Crippen LogP contribution is -2.35. The van der Waals surface area contributed by atoms with Gasteiger partial charge in [-0.3, -0.25) is 14.4 Å². The number of hydrogen-bond acceptors (Lipinski definition) is 4. The Balaban J connectivity index is 1.73. The maximum absolute atomic E-state index is 11.7. The molecule has 1 heterocycles. The van der Waals surface area contributed by atoms with Crippen LogP contribution >= 0.6 is 0 Å². The summed E-state index contributed by atoms with van der Waals surface area (Å²) in [5, 5.41) is 3.27. The van der Waals surface area contributed by atoms with Crippen molar-refractivity contribution in [1.82, 2.24) is 10.8 Å². The number of hydrogen-bond donors (Lipinski definition) is 3. The summed E-state index contributed by atoms with van der Waals surface area (Å²) in [4.78, 5) is 26.8. The Hall–Kier alpha value is -1.14. The Morgan fingerprint density at radius 3 is 2.75 bits per heavy atom. The summed E-state index contributed by atoms with van der Waals surface area (Å²) in [7, 11) is 0. The molecule has 0 radical (unpaired) electrons. The summed E-state index contributed by atoms with van der Waals surface area (Å²) in [6.07, 6.45) is 3.02. The van der Waals surface area contributed by atoms with Crippen LogP contribution in [0.1, 0.15) is 19.3 Å². The third kappa shape index (κ3) is 2.33. The summed E-state index contributed by atoms with van der Waals surface area (Å²) in [5.74, 6) is -0.668. The van der Waals surface area contributed by atoms with E-state index in [0.29, 0.717) is 0 Å². The Bertz CT molecular complexity index is 300. The van der Waals surface area contributed by atoms with Gasteiger partial charge in [-0.1, -0.05) is 0 Å². The molecule has 1 spiro atoms. The van der Waals surface area contributed by atoms with Crippen LogP contribution in [0.2, 0.25) is 0 Å². The summed E-state index contributed by atoms with van der Waals surface area (Å²) < 4.78 is 0. The molecule has 2 rings (SSSR count). The predicted molar refractivity (Wildman–Crippen MR) is 55.9 cm³/mol. The maximum atomic E-state index is 11.7. The molecule has 2 amide bonds. The average Bonchev–Trinajstić information content (AvgIpc) is 2.92. The van der Waals surface area contributed by atoms with Crippen LogP contribution in [0.4, 0.5) is 0 Å².